The van der Waals surface area contributed by atoms with Crippen LogP contribution in [0.2, 0.25) is 5.02 Å². The van der Waals surface area contributed by atoms with Gasteiger partial charge in [0, 0.05) is 43.3 Å². The molecular weight excluding hydrogens is 610 g/mol. The zero-order valence-electron chi connectivity index (χ0n) is 25.2. The Kier molecular flexibility index (Phi) is 6.28. The van der Waals surface area contributed by atoms with Crippen molar-refractivity contribution in [1.82, 2.24) is 9.13 Å². The number of hydrogen-bond acceptors (Lipinski definition) is 11. The standard InChI is InChI=1S/C31H28ClN3O10/c1-12-7-14-20(26(36)31(12)27(37)21-15(40-4)10-16(41-5)23(32)25(21)45-31)19(13-8-17(42-6)24-18(9-13)43-11-44-24)22-28(33-14)34(2)30(39)35(3)29(22)38/h8-10,12,19,33H,7,11H2,1-6H3/t12-,19?,31+/m1/s1. The molecule has 0 fully saturated rings. The molecule has 7 rings (SSSR count). The summed E-state index contributed by atoms with van der Waals surface area (Å²) in [5.74, 6) is -1.45. The van der Waals surface area contributed by atoms with Crippen molar-refractivity contribution in [3.05, 3.63) is 72.0 Å². The molecule has 0 amide bonds. The summed E-state index contributed by atoms with van der Waals surface area (Å²) in [6.07, 6.45) is 0.152. The van der Waals surface area contributed by atoms with E-state index in [1.54, 1.807) is 19.1 Å². The molecule has 13 nitrogen and oxygen atoms in total. The molecule has 45 heavy (non-hydrogen) atoms. The summed E-state index contributed by atoms with van der Waals surface area (Å²) in [5, 5.41) is 3.22. The number of fused-ring (bicyclic) bond motifs is 3. The number of Topliss-reactive ketones (excluding diaryl/α,β-unsaturated/α-hetero) is 2. The van der Waals surface area contributed by atoms with Crippen LogP contribution in [0.15, 0.2) is 39.1 Å². The van der Waals surface area contributed by atoms with Crippen molar-refractivity contribution in [3.8, 4) is 34.5 Å². The van der Waals surface area contributed by atoms with Gasteiger partial charge in [-0.15, -0.1) is 0 Å². The van der Waals surface area contributed by atoms with Crippen molar-refractivity contribution in [3.63, 3.8) is 0 Å². The molecule has 14 heteroatoms. The number of hydrogen-bond donors (Lipinski definition) is 1. The molecule has 0 saturated carbocycles. The molecule has 1 unspecified atom stereocenters. The lowest BCUT2D eigenvalue weighted by Gasteiger charge is -2.42. The molecule has 1 spiro atoms. The molecule has 3 aliphatic heterocycles. The van der Waals surface area contributed by atoms with Gasteiger partial charge < -0.3 is 33.7 Å². The number of benzene rings is 2. The second-order valence-corrected chi connectivity index (χ2v) is 11.7. The van der Waals surface area contributed by atoms with Gasteiger partial charge in [-0.25, -0.2) is 4.79 Å². The first kappa shape index (κ1) is 28.8. The Morgan fingerprint density at radius 2 is 1.62 bits per heavy atom. The number of allylic oxidation sites excluding steroid dienone is 1. The average molecular weight is 638 g/mol. The minimum atomic E-state index is -2.03. The quantitative estimate of drug-likeness (QED) is 0.422. The number of halogens is 1. The minimum Gasteiger partial charge on any atom is -0.496 e. The second kappa shape index (κ2) is 9.80. The first-order valence-electron chi connectivity index (χ1n) is 14.0. The molecule has 0 radical (unpaired) electrons. The van der Waals surface area contributed by atoms with Gasteiger partial charge in [0.2, 0.25) is 29.7 Å². The van der Waals surface area contributed by atoms with Gasteiger partial charge in [-0.05, 0) is 24.1 Å². The Morgan fingerprint density at radius 3 is 2.31 bits per heavy atom. The van der Waals surface area contributed by atoms with Gasteiger partial charge in [0.1, 0.15) is 27.9 Å². The SMILES string of the molecule is COc1cc(OC)c2c(c1Cl)O[C@@]1(C(=O)C3=C(C[C@H]1C)Nc1c(c(=O)n(C)c(=O)n1C)C3c1cc(OC)c3c(c1)OCO3)C2=O. The molecule has 234 valence electrons. The lowest BCUT2D eigenvalue weighted by molar-refractivity contribution is -0.130. The maximum atomic E-state index is 15.0. The maximum absolute atomic E-state index is 15.0. The smallest absolute Gasteiger partial charge is 0.332 e. The summed E-state index contributed by atoms with van der Waals surface area (Å²) in [6, 6.07) is 4.78. The summed E-state index contributed by atoms with van der Waals surface area (Å²) in [4.78, 5) is 56.4. The number of nitrogens with zero attached hydrogens (tertiary/aromatic N) is 2. The number of aromatic nitrogens is 2. The van der Waals surface area contributed by atoms with E-state index in [0.29, 0.717) is 28.5 Å². The maximum Gasteiger partial charge on any atom is 0.332 e. The van der Waals surface area contributed by atoms with Gasteiger partial charge in [-0.1, -0.05) is 18.5 Å². The second-order valence-electron chi connectivity index (χ2n) is 11.3. The van der Waals surface area contributed by atoms with Crippen LogP contribution in [-0.4, -0.2) is 54.4 Å². The van der Waals surface area contributed by atoms with E-state index in [9.17, 15) is 14.4 Å². The first-order chi connectivity index (χ1) is 21.5. The van der Waals surface area contributed by atoms with E-state index in [1.807, 2.05) is 0 Å². The Balaban J connectivity index is 1.50. The molecule has 1 aliphatic carbocycles. The van der Waals surface area contributed by atoms with Gasteiger partial charge in [0.05, 0.1) is 26.9 Å². The molecular formula is C31H28ClN3O10. The topological polar surface area (TPSA) is 146 Å². The molecule has 0 bridgehead atoms. The van der Waals surface area contributed by atoms with E-state index in [2.05, 4.69) is 5.32 Å². The summed E-state index contributed by atoms with van der Waals surface area (Å²) in [7, 11) is 7.16. The van der Waals surface area contributed by atoms with Crippen molar-refractivity contribution in [2.24, 2.45) is 20.0 Å². The molecule has 1 aromatic heterocycles. The molecule has 3 aromatic rings. The van der Waals surface area contributed by atoms with E-state index in [0.717, 1.165) is 4.57 Å². The Hall–Kier alpha value is -4.91. The van der Waals surface area contributed by atoms with Crippen LogP contribution in [-0.2, 0) is 18.9 Å². The highest BCUT2D eigenvalue weighted by atomic mass is 35.5. The van der Waals surface area contributed by atoms with E-state index < -0.39 is 40.3 Å². The monoisotopic (exact) mass is 637 g/mol. The highest BCUT2D eigenvalue weighted by Gasteiger charge is 2.64. The van der Waals surface area contributed by atoms with Gasteiger partial charge in [-0.2, -0.15) is 0 Å². The van der Waals surface area contributed by atoms with Crippen LogP contribution >= 0.6 is 11.6 Å². The van der Waals surface area contributed by atoms with Crippen LogP contribution in [0.25, 0.3) is 0 Å². The summed E-state index contributed by atoms with van der Waals surface area (Å²) >= 11 is 6.62. The molecule has 1 N–H and O–H groups in total. The number of rotatable bonds is 4. The van der Waals surface area contributed by atoms with E-state index in [1.165, 1.54) is 46.1 Å². The highest BCUT2D eigenvalue weighted by Crippen LogP contribution is 2.57. The minimum absolute atomic E-state index is 0.0198. The summed E-state index contributed by atoms with van der Waals surface area (Å²) in [5.41, 5.74) is -2.04. The third kappa shape index (κ3) is 3.61. The van der Waals surface area contributed by atoms with Gasteiger partial charge in [0.15, 0.2) is 17.2 Å². The number of ether oxygens (including phenoxy) is 6. The Morgan fingerprint density at radius 1 is 0.911 bits per heavy atom. The normalized spacial score (nSPS) is 22.5. The van der Waals surface area contributed by atoms with Crippen molar-refractivity contribution < 1.29 is 38.0 Å². The molecule has 0 saturated heterocycles. The third-order valence-corrected chi connectivity index (χ3v) is 9.45. The number of nitrogens with one attached hydrogen (secondary N) is 1. The van der Waals surface area contributed by atoms with Crippen LogP contribution in [0.4, 0.5) is 5.82 Å². The summed E-state index contributed by atoms with van der Waals surface area (Å²) in [6.45, 7) is 1.68. The zero-order chi connectivity index (χ0) is 32.1. The van der Waals surface area contributed by atoms with E-state index in [-0.39, 0.29) is 58.0 Å². The van der Waals surface area contributed by atoms with Gasteiger partial charge in [0.25, 0.3) is 5.56 Å². The van der Waals surface area contributed by atoms with Crippen molar-refractivity contribution >= 4 is 29.0 Å². The number of carbonyl (C=O) groups is 2. The van der Waals surface area contributed by atoms with Crippen LogP contribution in [0.3, 0.4) is 0 Å². The Bertz CT molecular complexity index is 2030. The molecule has 4 aliphatic rings. The lowest BCUT2D eigenvalue weighted by atomic mass is 9.66. The highest BCUT2D eigenvalue weighted by molar-refractivity contribution is 6.36. The zero-order valence-corrected chi connectivity index (χ0v) is 25.9. The van der Waals surface area contributed by atoms with E-state index in [4.69, 9.17) is 40.0 Å². The molecule has 4 heterocycles. The molecule has 3 atom stereocenters. The van der Waals surface area contributed by atoms with Gasteiger partial charge >= 0.3 is 5.69 Å². The van der Waals surface area contributed by atoms with Crippen LogP contribution in [0.5, 0.6) is 34.5 Å². The number of ketones is 2. The fraction of sp³-hybridized carbons (Fsp3) is 0.355. The van der Waals surface area contributed by atoms with Crippen molar-refractivity contribution in [2.75, 3.05) is 33.4 Å². The molecule has 2 aromatic carbocycles. The number of methoxy groups -OCH3 is 3. The number of carbonyl (C=O) groups excluding carboxylic acids is 2. The van der Waals surface area contributed by atoms with E-state index >= 15 is 4.79 Å². The average Bonchev–Trinajstić information content (AvgIpc) is 3.64. The fourth-order valence-corrected chi connectivity index (χ4v) is 7.10. The fourth-order valence-electron chi connectivity index (χ4n) is 6.84. The van der Waals surface area contributed by atoms with Crippen LogP contribution < -0.4 is 45.0 Å². The van der Waals surface area contributed by atoms with Crippen LogP contribution in [0.1, 0.15) is 40.7 Å². The Labute approximate surface area is 260 Å². The van der Waals surface area contributed by atoms with Crippen LogP contribution in [0, 0.1) is 5.92 Å². The van der Waals surface area contributed by atoms with Crippen molar-refractivity contribution in [1.29, 1.82) is 0 Å². The largest absolute Gasteiger partial charge is 0.496 e. The van der Waals surface area contributed by atoms with Gasteiger partial charge in [-0.3, -0.25) is 23.5 Å². The predicted molar refractivity (Wildman–Crippen MR) is 160 cm³/mol. The third-order valence-electron chi connectivity index (χ3n) is 9.09. The number of anilines is 1. The lowest BCUT2D eigenvalue weighted by Crippen LogP contribution is -2.58. The predicted octanol–water partition coefficient (Wildman–Crippen LogP) is 2.93. The van der Waals surface area contributed by atoms with Crippen molar-refractivity contribution in [2.45, 2.75) is 24.9 Å². The summed E-state index contributed by atoms with van der Waals surface area (Å²) < 4.78 is 36.4. The first-order valence-corrected chi connectivity index (χ1v) is 14.4.